The second-order valence-corrected chi connectivity index (χ2v) is 10.9. The number of methoxy groups -OCH3 is 1. The number of anilines is 1. The van der Waals surface area contributed by atoms with Crippen molar-refractivity contribution in [3.63, 3.8) is 0 Å². The predicted molar refractivity (Wildman–Crippen MR) is 145 cm³/mol. The Morgan fingerprint density at radius 3 is 2.27 bits per heavy atom. The Balaban J connectivity index is 1.68. The third-order valence-corrected chi connectivity index (χ3v) is 6.82. The zero-order valence-corrected chi connectivity index (χ0v) is 22.5. The van der Waals surface area contributed by atoms with Crippen LogP contribution in [0.15, 0.2) is 54.9 Å². The van der Waals surface area contributed by atoms with Crippen molar-refractivity contribution in [3.8, 4) is 21.6 Å². The number of thiophene rings is 1. The normalized spacial score (nSPS) is 11.5. The molecule has 0 aliphatic carbocycles. The van der Waals surface area contributed by atoms with E-state index in [9.17, 15) is 14.4 Å². The van der Waals surface area contributed by atoms with E-state index in [4.69, 9.17) is 9.47 Å². The van der Waals surface area contributed by atoms with Crippen LogP contribution < -0.4 is 4.90 Å². The fourth-order valence-electron chi connectivity index (χ4n) is 3.88. The summed E-state index contributed by atoms with van der Waals surface area (Å²) in [7, 11) is 1.33. The van der Waals surface area contributed by atoms with Crippen molar-refractivity contribution >= 4 is 46.5 Å². The molecule has 0 bridgehead atoms. The Morgan fingerprint density at radius 2 is 1.68 bits per heavy atom. The molecule has 0 aliphatic heterocycles. The number of rotatable bonds is 6. The molecule has 1 amide bonds. The van der Waals surface area contributed by atoms with E-state index in [1.165, 1.54) is 34.2 Å². The summed E-state index contributed by atoms with van der Waals surface area (Å²) in [4.78, 5) is 43.8. The van der Waals surface area contributed by atoms with Gasteiger partial charge in [0.05, 0.1) is 23.8 Å². The number of esters is 1. The maximum absolute atomic E-state index is 12.6. The van der Waals surface area contributed by atoms with Gasteiger partial charge in [0.1, 0.15) is 16.8 Å². The molecule has 0 N–H and O–H groups in total. The van der Waals surface area contributed by atoms with Crippen molar-refractivity contribution in [2.45, 2.75) is 46.3 Å². The molecule has 4 rings (SSSR count). The lowest BCUT2D eigenvalue weighted by atomic mass is 10.0. The van der Waals surface area contributed by atoms with Crippen LogP contribution in [-0.4, -0.2) is 46.8 Å². The highest BCUT2D eigenvalue weighted by molar-refractivity contribution is 7.18. The highest BCUT2D eigenvalue weighted by atomic mass is 32.1. The summed E-state index contributed by atoms with van der Waals surface area (Å²) in [6, 6.07) is 15.3. The van der Waals surface area contributed by atoms with Crippen LogP contribution >= 0.6 is 11.3 Å². The minimum atomic E-state index is -0.617. The highest BCUT2D eigenvalue weighted by Gasteiger charge is 2.24. The van der Waals surface area contributed by atoms with E-state index >= 15 is 0 Å². The van der Waals surface area contributed by atoms with Gasteiger partial charge >= 0.3 is 12.1 Å². The minimum Gasteiger partial charge on any atom is -0.465 e. The van der Waals surface area contributed by atoms with Gasteiger partial charge in [0.25, 0.3) is 0 Å². The van der Waals surface area contributed by atoms with Gasteiger partial charge in [-0.2, -0.15) is 0 Å². The third kappa shape index (κ3) is 5.41. The Bertz CT molecular complexity index is 1460. The number of benzene rings is 2. The van der Waals surface area contributed by atoms with Gasteiger partial charge in [-0.15, -0.1) is 11.3 Å². The molecule has 2 heterocycles. The van der Waals surface area contributed by atoms with Gasteiger partial charge < -0.3 is 14.4 Å². The van der Waals surface area contributed by atoms with Crippen LogP contribution in [0.4, 0.5) is 10.5 Å². The van der Waals surface area contributed by atoms with Gasteiger partial charge in [0.15, 0.2) is 0 Å². The zero-order valence-electron chi connectivity index (χ0n) is 21.6. The first-order valence-electron chi connectivity index (χ1n) is 11.8. The molecule has 0 aliphatic rings. The summed E-state index contributed by atoms with van der Waals surface area (Å²) < 4.78 is 11.9. The molecule has 8 nitrogen and oxygen atoms in total. The van der Waals surface area contributed by atoms with E-state index in [0.29, 0.717) is 21.6 Å². The van der Waals surface area contributed by atoms with Crippen LogP contribution in [0.5, 0.6) is 0 Å². The molecule has 0 saturated heterocycles. The van der Waals surface area contributed by atoms with Crippen LogP contribution in [0.2, 0.25) is 0 Å². The van der Waals surface area contributed by atoms with Gasteiger partial charge in [-0.1, -0.05) is 30.3 Å². The first kappa shape index (κ1) is 26.1. The number of amides is 1. The van der Waals surface area contributed by atoms with Crippen molar-refractivity contribution in [1.29, 1.82) is 0 Å². The maximum atomic E-state index is 12.6. The number of hydrogen-bond donors (Lipinski definition) is 0. The van der Waals surface area contributed by atoms with Gasteiger partial charge in [-0.3, -0.25) is 4.79 Å². The van der Waals surface area contributed by atoms with E-state index < -0.39 is 17.7 Å². The van der Waals surface area contributed by atoms with Crippen LogP contribution in [0.3, 0.4) is 0 Å². The maximum Gasteiger partial charge on any atom is 0.420 e. The van der Waals surface area contributed by atoms with E-state index in [1.807, 2.05) is 83.1 Å². The third-order valence-electron chi connectivity index (χ3n) is 5.67. The summed E-state index contributed by atoms with van der Waals surface area (Å²) in [5, 5.41) is 0. The summed E-state index contributed by atoms with van der Waals surface area (Å²) in [6.07, 6.45) is 1.71. The lowest BCUT2D eigenvalue weighted by Gasteiger charge is -2.21. The smallest absolute Gasteiger partial charge is 0.420 e. The molecule has 2 aromatic heterocycles. The summed E-state index contributed by atoms with van der Waals surface area (Å²) in [5.74, 6) is -0.481. The molecular weight excluding hydrogens is 490 g/mol. The molecule has 9 heteroatoms. The fraction of sp³-hybridized carbons (Fsp3) is 0.286. The SMILES string of the molecule is COC(=O)c1sc(-c2ccc(-c3ccc4ncn(C(=O)OC(C)(C)C)c4c3)cc2)cc1N(C=O)C(C)C. The molecule has 0 atom stereocenters. The quantitative estimate of drug-likeness (QED) is 0.217. The van der Waals surface area contributed by atoms with Crippen molar-refractivity contribution in [3.05, 3.63) is 59.7 Å². The van der Waals surface area contributed by atoms with Gasteiger partial charge in [-0.25, -0.2) is 19.1 Å². The van der Waals surface area contributed by atoms with E-state index in [0.717, 1.165) is 28.0 Å². The average Bonchev–Trinajstić information content (AvgIpc) is 3.47. The van der Waals surface area contributed by atoms with Crippen molar-refractivity contribution in [1.82, 2.24) is 9.55 Å². The van der Waals surface area contributed by atoms with E-state index in [-0.39, 0.29) is 6.04 Å². The van der Waals surface area contributed by atoms with Crippen molar-refractivity contribution < 1.29 is 23.9 Å². The molecule has 4 aromatic rings. The number of hydrogen-bond acceptors (Lipinski definition) is 7. The number of imidazole rings is 1. The molecule has 0 radical (unpaired) electrons. The minimum absolute atomic E-state index is 0.116. The first-order chi connectivity index (χ1) is 17.5. The molecule has 0 fully saturated rings. The van der Waals surface area contributed by atoms with E-state index in [2.05, 4.69) is 4.98 Å². The number of nitrogens with zero attached hydrogens (tertiary/aromatic N) is 3. The van der Waals surface area contributed by atoms with Gasteiger partial charge in [-0.05, 0) is 69.5 Å². The highest BCUT2D eigenvalue weighted by Crippen LogP contribution is 2.38. The standard InChI is InChI=1S/C28H29N3O5S/c1-17(2)31(16-32)23-14-24(37-25(23)26(33)35-6)19-9-7-18(8-10-19)20-11-12-21-22(13-20)30(15-29-21)27(34)36-28(3,4)5/h7-17H,1-6H3. The number of fused-ring (bicyclic) bond motifs is 1. The largest absolute Gasteiger partial charge is 0.465 e. The van der Waals surface area contributed by atoms with Crippen LogP contribution in [0, 0.1) is 0 Å². The Kier molecular flexibility index (Phi) is 7.18. The topological polar surface area (TPSA) is 90.7 Å². The van der Waals surface area contributed by atoms with Crippen molar-refractivity contribution in [2.24, 2.45) is 0 Å². The van der Waals surface area contributed by atoms with Crippen molar-refractivity contribution in [2.75, 3.05) is 12.0 Å². The van der Waals surface area contributed by atoms with Crippen LogP contribution in [0.25, 0.3) is 32.6 Å². The number of aromatic nitrogens is 2. The van der Waals surface area contributed by atoms with Crippen LogP contribution in [0.1, 0.15) is 44.3 Å². The monoisotopic (exact) mass is 519 g/mol. The fourth-order valence-corrected chi connectivity index (χ4v) is 4.96. The zero-order chi connectivity index (χ0) is 26.9. The predicted octanol–water partition coefficient (Wildman–Crippen LogP) is 6.37. The molecule has 192 valence electrons. The molecule has 0 spiro atoms. The second kappa shape index (κ2) is 10.2. The lowest BCUT2D eigenvalue weighted by molar-refractivity contribution is -0.107. The summed E-state index contributed by atoms with van der Waals surface area (Å²) in [5.41, 5.74) is 4.03. The first-order valence-corrected chi connectivity index (χ1v) is 12.6. The Hall–Kier alpha value is -3.98. The molecular formula is C28H29N3O5S. The molecule has 0 saturated carbocycles. The van der Waals surface area contributed by atoms with E-state index in [1.54, 1.807) is 0 Å². The van der Waals surface area contributed by atoms with Gasteiger partial charge in [0, 0.05) is 10.9 Å². The second-order valence-electron chi connectivity index (χ2n) is 9.80. The Labute approximate surface area is 219 Å². The summed E-state index contributed by atoms with van der Waals surface area (Å²) >= 11 is 1.28. The lowest BCUT2D eigenvalue weighted by Crippen LogP contribution is -2.29. The van der Waals surface area contributed by atoms with Crippen LogP contribution in [-0.2, 0) is 14.3 Å². The molecule has 0 unspecified atom stereocenters. The number of carbonyl (C=O) groups excluding carboxylic acids is 3. The van der Waals surface area contributed by atoms with Gasteiger partial charge in [0.2, 0.25) is 6.41 Å². The number of carbonyl (C=O) groups is 3. The molecule has 37 heavy (non-hydrogen) atoms. The summed E-state index contributed by atoms with van der Waals surface area (Å²) in [6.45, 7) is 9.23. The Morgan fingerprint density at radius 1 is 1.03 bits per heavy atom. The molecule has 2 aromatic carbocycles. The average molecular weight is 520 g/mol. The number of ether oxygens (including phenoxy) is 2.